The Labute approximate surface area is 148 Å². The second-order valence-electron chi connectivity index (χ2n) is 4.79. The molecule has 0 saturated carbocycles. The van der Waals surface area contributed by atoms with Gasteiger partial charge in [0, 0.05) is 22.0 Å². The molecular formula is C15H10F3N3O2S2. The Morgan fingerprint density at radius 1 is 1.24 bits per heavy atom. The minimum Gasteiger partial charge on any atom is -0.406 e. The van der Waals surface area contributed by atoms with Gasteiger partial charge in [0.25, 0.3) is 5.91 Å². The lowest BCUT2D eigenvalue weighted by Gasteiger charge is -2.08. The van der Waals surface area contributed by atoms with Gasteiger partial charge >= 0.3 is 6.36 Å². The Morgan fingerprint density at radius 2 is 1.96 bits per heavy atom. The van der Waals surface area contributed by atoms with Crippen LogP contribution in [0.2, 0.25) is 0 Å². The molecular weight excluding hydrogens is 375 g/mol. The molecule has 130 valence electrons. The zero-order valence-electron chi connectivity index (χ0n) is 12.6. The van der Waals surface area contributed by atoms with Crippen LogP contribution in [0, 0.1) is 6.92 Å². The molecule has 0 unspecified atom stereocenters. The topological polar surface area (TPSA) is 64.1 Å². The van der Waals surface area contributed by atoms with E-state index in [9.17, 15) is 18.0 Å². The predicted octanol–water partition coefficient (Wildman–Crippen LogP) is 4.73. The quantitative estimate of drug-likeness (QED) is 0.705. The largest absolute Gasteiger partial charge is 0.573 e. The number of hydrogen-bond donors (Lipinski definition) is 1. The van der Waals surface area contributed by atoms with Crippen LogP contribution in [0.4, 0.5) is 18.3 Å². The molecule has 1 N–H and O–H groups in total. The number of amides is 1. The van der Waals surface area contributed by atoms with Crippen LogP contribution in [-0.4, -0.2) is 22.2 Å². The molecule has 1 amide bonds. The van der Waals surface area contributed by atoms with Gasteiger partial charge in [0.2, 0.25) is 0 Å². The Morgan fingerprint density at radius 3 is 2.56 bits per heavy atom. The normalized spacial score (nSPS) is 11.4. The number of carbonyl (C=O) groups is 1. The van der Waals surface area contributed by atoms with Crippen LogP contribution >= 0.6 is 22.7 Å². The molecule has 1 aromatic carbocycles. The highest BCUT2D eigenvalue weighted by Gasteiger charge is 2.31. The SMILES string of the molecule is Cc1sc(-c2ccc(OC(F)(F)F)cc2)nc1C(=O)Nc1nccs1. The number of ether oxygens (including phenoxy) is 1. The van der Waals surface area contributed by atoms with Crippen LogP contribution in [0.1, 0.15) is 15.4 Å². The number of nitrogens with zero attached hydrogens (tertiary/aromatic N) is 2. The highest BCUT2D eigenvalue weighted by atomic mass is 32.1. The van der Waals surface area contributed by atoms with E-state index in [4.69, 9.17) is 0 Å². The van der Waals surface area contributed by atoms with Gasteiger partial charge in [0.05, 0.1) is 0 Å². The van der Waals surface area contributed by atoms with Crippen molar-refractivity contribution < 1.29 is 22.7 Å². The second kappa shape index (κ2) is 6.81. The third kappa shape index (κ3) is 4.34. The molecule has 10 heteroatoms. The van der Waals surface area contributed by atoms with Crippen molar-refractivity contribution in [3.8, 4) is 16.3 Å². The molecule has 3 aromatic rings. The predicted molar refractivity (Wildman–Crippen MR) is 89.0 cm³/mol. The van der Waals surface area contributed by atoms with Crippen LogP contribution in [0.25, 0.3) is 10.6 Å². The molecule has 0 saturated heterocycles. The molecule has 0 bridgehead atoms. The number of aryl methyl sites for hydroxylation is 1. The van der Waals surface area contributed by atoms with Crippen molar-refractivity contribution in [3.05, 3.63) is 46.4 Å². The Hall–Kier alpha value is -2.46. The lowest BCUT2D eigenvalue weighted by atomic mass is 10.2. The summed E-state index contributed by atoms with van der Waals surface area (Å²) in [6, 6.07) is 5.33. The van der Waals surface area contributed by atoms with Crippen molar-refractivity contribution in [2.45, 2.75) is 13.3 Å². The molecule has 0 aliphatic carbocycles. The van der Waals surface area contributed by atoms with E-state index in [0.29, 0.717) is 20.6 Å². The van der Waals surface area contributed by atoms with E-state index < -0.39 is 6.36 Å². The molecule has 0 atom stereocenters. The van der Waals surface area contributed by atoms with Gasteiger partial charge in [-0.3, -0.25) is 10.1 Å². The lowest BCUT2D eigenvalue weighted by Crippen LogP contribution is -2.16. The average Bonchev–Trinajstić information content (AvgIpc) is 3.16. The summed E-state index contributed by atoms with van der Waals surface area (Å²) >= 11 is 2.56. The summed E-state index contributed by atoms with van der Waals surface area (Å²) in [6.45, 7) is 1.75. The Bertz CT molecular complexity index is 875. The fraction of sp³-hybridized carbons (Fsp3) is 0.133. The number of hydrogen-bond acceptors (Lipinski definition) is 6. The minimum absolute atomic E-state index is 0.255. The fourth-order valence-electron chi connectivity index (χ4n) is 1.97. The van der Waals surface area contributed by atoms with Gasteiger partial charge in [0.1, 0.15) is 16.5 Å². The zero-order valence-corrected chi connectivity index (χ0v) is 14.3. The van der Waals surface area contributed by atoms with Crippen LogP contribution in [0.3, 0.4) is 0 Å². The summed E-state index contributed by atoms with van der Waals surface area (Å²) in [5.74, 6) is -0.696. The van der Waals surface area contributed by atoms with E-state index in [-0.39, 0.29) is 17.4 Å². The van der Waals surface area contributed by atoms with Gasteiger partial charge in [-0.25, -0.2) is 9.97 Å². The van der Waals surface area contributed by atoms with Crippen molar-refractivity contribution in [2.75, 3.05) is 5.32 Å². The smallest absolute Gasteiger partial charge is 0.406 e. The maximum absolute atomic E-state index is 12.2. The number of carbonyl (C=O) groups excluding carboxylic acids is 1. The summed E-state index contributed by atoms with van der Waals surface area (Å²) in [6.07, 6.45) is -3.16. The first kappa shape index (κ1) is 17.4. The molecule has 3 rings (SSSR count). The third-order valence-corrected chi connectivity index (χ3v) is 4.71. The Kier molecular flexibility index (Phi) is 4.73. The number of halogens is 3. The van der Waals surface area contributed by atoms with E-state index >= 15 is 0 Å². The van der Waals surface area contributed by atoms with E-state index in [1.807, 2.05) is 0 Å². The van der Waals surface area contributed by atoms with Crippen molar-refractivity contribution in [1.82, 2.24) is 9.97 Å². The number of nitrogens with one attached hydrogen (secondary N) is 1. The maximum atomic E-state index is 12.2. The van der Waals surface area contributed by atoms with Crippen LogP contribution < -0.4 is 10.1 Å². The first-order chi connectivity index (χ1) is 11.8. The third-order valence-electron chi connectivity index (χ3n) is 3.00. The molecule has 0 aliphatic heterocycles. The van der Waals surface area contributed by atoms with Crippen molar-refractivity contribution in [1.29, 1.82) is 0 Å². The number of benzene rings is 1. The molecule has 25 heavy (non-hydrogen) atoms. The minimum atomic E-state index is -4.74. The van der Waals surface area contributed by atoms with Gasteiger partial charge < -0.3 is 4.74 Å². The Balaban J connectivity index is 1.78. The van der Waals surface area contributed by atoms with E-state index in [2.05, 4.69) is 20.0 Å². The zero-order chi connectivity index (χ0) is 18.0. The van der Waals surface area contributed by atoms with Crippen molar-refractivity contribution >= 4 is 33.7 Å². The van der Waals surface area contributed by atoms with Crippen LogP contribution in [-0.2, 0) is 0 Å². The number of alkyl halides is 3. The average molecular weight is 385 g/mol. The molecule has 0 fully saturated rings. The first-order valence-electron chi connectivity index (χ1n) is 6.86. The molecule has 0 spiro atoms. The summed E-state index contributed by atoms with van der Waals surface area (Å²) in [5.41, 5.74) is 0.849. The summed E-state index contributed by atoms with van der Waals surface area (Å²) < 4.78 is 40.4. The maximum Gasteiger partial charge on any atom is 0.573 e. The van der Waals surface area contributed by atoms with E-state index in [1.54, 1.807) is 18.5 Å². The monoisotopic (exact) mass is 385 g/mol. The molecule has 0 aliphatic rings. The van der Waals surface area contributed by atoms with E-state index in [0.717, 1.165) is 0 Å². The van der Waals surface area contributed by atoms with Crippen molar-refractivity contribution in [3.63, 3.8) is 0 Å². The summed E-state index contributed by atoms with van der Waals surface area (Å²) in [5, 5.41) is 5.38. The fourth-order valence-corrected chi connectivity index (χ4v) is 3.41. The van der Waals surface area contributed by atoms with Crippen molar-refractivity contribution in [2.24, 2.45) is 0 Å². The van der Waals surface area contributed by atoms with Gasteiger partial charge in [-0.1, -0.05) is 0 Å². The van der Waals surface area contributed by atoms with Crippen LogP contribution in [0.15, 0.2) is 35.8 Å². The molecule has 5 nitrogen and oxygen atoms in total. The van der Waals surface area contributed by atoms with Gasteiger partial charge in [-0.2, -0.15) is 0 Å². The number of rotatable bonds is 4. The van der Waals surface area contributed by atoms with Crippen LogP contribution in [0.5, 0.6) is 5.75 Å². The number of thiazole rings is 2. The van der Waals surface area contributed by atoms with Gasteiger partial charge in [-0.15, -0.1) is 35.8 Å². The van der Waals surface area contributed by atoms with E-state index in [1.165, 1.54) is 46.9 Å². The summed E-state index contributed by atoms with van der Waals surface area (Å²) in [7, 11) is 0. The molecule has 0 radical (unpaired) electrons. The summed E-state index contributed by atoms with van der Waals surface area (Å²) in [4.78, 5) is 21.2. The molecule has 2 heterocycles. The highest BCUT2D eigenvalue weighted by molar-refractivity contribution is 7.15. The first-order valence-corrected chi connectivity index (χ1v) is 8.56. The van der Waals surface area contributed by atoms with Gasteiger partial charge in [-0.05, 0) is 31.2 Å². The standard InChI is InChI=1S/C15H10F3N3O2S2/c1-8-11(12(22)21-14-19-6-7-24-14)20-13(25-8)9-2-4-10(5-3-9)23-15(16,17)18/h2-7H,1H3,(H,19,21,22). The highest BCUT2D eigenvalue weighted by Crippen LogP contribution is 2.30. The number of anilines is 1. The molecule has 2 aromatic heterocycles. The lowest BCUT2D eigenvalue weighted by molar-refractivity contribution is -0.274. The van der Waals surface area contributed by atoms with Gasteiger partial charge in [0.15, 0.2) is 5.13 Å². The second-order valence-corrected chi connectivity index (χ2v) is 6.89. The number of aromatic nitrogens is 2.